The van der Waals surface area contributed by atoms with Crippen LogP contribution in [-0.4, -0.2) is 40.4 Å². The molecule has 2 N–H and O–H groups in total. The highest BCUT2D eigenvalue weighted by Gasteiger charge is 2.33. The molecule has 0 spiro atoms. The van der Waals surface area contributed by atoms with Crippen LogP contribution in [0.15, 0.2) is 24.3 Å². The van der Waals surface area contributed by atoms with Crippen molar-refractivity contribution < 1.29 is 15.0 Å². The Labute approximate surface area is 139 Å². The van der Waals surface area contributed by atoms with Crippen LogP contribution in [0.4, 0.5) is 5.82 Å². The highest BCUT2D eigenvalue weighted by atomic mass is 35.5. The summed E-state index contributed by atoms with van der Waals surface area (Å²) < 4.78 is 0. The number of hydrogen-bond donors (Lipinski definition) is 2. The van der Waals surface area contributed by atoms with Crippen LogP contribution in [0.3, 0.4) is 0 Å². The number of fused-ring (bicyclic) bond motifs is 1. The maximum absolute atomic E-state index is 11.4. The van der Waals surface area contributed by atoms with Crippen molar-refractivity contribution in [3.05, 3.63) is 34.9 Å². The molecule has 1 saturated heterocycles. The minimum Gasteiger partial charge on any atom is -0.478 e. The van der Waals surface area contributed by atoms with Gasteiger partial charge in [-0.05, 0) is 37.1 Å². The quantitative estimate of drug-likeness (QED) is 0.898. The Kier molecular flexibility index (Phi) is 4.41. The average molecular weight is 335 g/mol. The Balaban J connectivity index is 2.05. The third-order valence-corrected chi connectivity index (χ3v) is 4.97. The number of anilines is 1. The summed E-state index contributed by atoms with van der Waals surface area (Å²) in [5, 5.41) is 19.6. The average Bonchev–Trinajstić information content (AvgIpc) is 2.96. The summed E-state index contributed by atoms with van der Waals surface area (Å²) in [6.45, 7) is 3.14. The highest BCUT2D eigenvalue weighted by Crippen LogP contribution is 2.33. The third-order valence-electron chi connectivity index (χ3n) is 4.65. The van der Waals surface area contributed by atoms with E-state index in [0.29, 0.717) is 10.9 Å². The number of carboxylic acid groups (broad SMARTS) is 1. The lowest BCUT2D eigenvalue weighted by atomic mass is 9.99. The Hall–Kier alpha value is -1.85. The van der Waals surface area contributed by atoms with Crippen molar-refractivity contribution in [3.63, 3.8) is 0 Å². The molecular formula is C17H19ClN2O3. The van der Waals surface area contributed by atoms with E-state index in [-0.39, 0.29) is 29.2 Å². The fourth-order valence-corrected chi connectivity index (χ4v) is 3.76. The number of rotatable bonds is 4. The molecule has 122 valence electrons. The lowest BCUT2D eigenvalue weighted by molar-refractivity contribution is 0.0699. The molecule has 2 atom stereocenters. The first-order chi connectivity index (χ1) is 11.1. The fraction of sp³-hybridized carbons (Fsp3) is 0.412. The molecule has 23 heavy (non-hydrogen) atoms. The van der Waals surface area contributed by atoms with E-state index in [1.807, 2.05) is 6.07 Å². The second-order valence-corrected chi connectivity index (χ2v) is 6.27. The van der Waals surface area contributed by atoms with Crippen LogP contribution < -0.4 is 4.90 Å². The van der Waals surface area contributed by atoms with Gasteiger partial charge in [0.15, 0.2) is 0 Å². The molecule has 2 aromatic rings. The van der Waals surface area contributed by atoms with Crippen molar-refractivity contribution in [2.45, 2.75) is 25.8 Å². The number of aromatic carboxylic acids is 1. The monoisotopic (exact) mass is 334 g/mol. The highest BCUT2D eigenvalue weighted by molar-refractivity contribution is 6.35. The number of nitrogens with zero attached hydrogens (tertiary/aromatic N) is 2. The molecule has 1 aliphatic rings. The predicted octanol–water partition coefficient (Wildman–Crippen LogP) is 3.18. The molecule has 3 rings (SSSR count). The van der Waals surface area contributed by atoms with E-state index in [2.05, 4.69) is 16.8 Å². The van der Waals surface area contributed by atoms with Gasteiger partial charge in [-0.1, -0.05) is 18.5 Å². The largest absolute Gasteiger partial charge is 0.478 e. The van der Waals surface area contributed by atoms with Crippen molar-refractivity contribution in [2.75, 3.05) is 18.1 Å². The number of aromatic nitrogens is 1. The Bertz CT molecular complexity index is 750. The molecule has 0 bridgehead atoms. The molecule has 0 saturated carbocycles. The summed E-state index contributed by atoms with van der Waals surface area (Å²) in [4.78, 5) is 18.2. The van der Waals surface area contributed by atoms with E-state index in [1.54, 1.807) is 18.2 Å². The number of carbonyl (C=O) groups is 1. The molecule has 1 aromatic carbocycles. The number of benzene rings is 1. The number of carboxylic acids is 1. The third kappa shape index (κ3) is 2.75. The summed E-state index contributed by atoms with van der Waals surface area (Å²) in [6.07, 6.45) is 1.88. The maximum Gasteiger partial charge on any atom is 0.337 e. The molecular weight excluding hydrogens is 316 g/mol. The van der Waals surface area contributed by atoms with Gasteiger partial charge < -0.3 is 15.1 Å². The van der Waals surface area contributed by atoms with E-state index >= 15 is 0 Å². The van der Waals surface area contributed by atoms with Gasteiger partial charge in [-0.15, -0.1) is 0 Å². The summed E-state index contributed by atoms with van der Waals surface area (Å²) >= 11 is 6.00. The SMILES string of the molecule is CC[C@@H]1C(CO)CCN1c1ccc2c(C(=O)O)c(Cl)ccc2n1. The fourth-order valence-electron chi connectivity index (χ4n) is 3.51. The summed E-state index contributed by atoms with van der Waals surface area (Å²) in [5.74, 6) is 0.0272. The van der Waals surface area contributed by atoms with Gasteiger partial charge in [0, 0.05) is 30.5 Å². The Morgan fingerprint density at radius 1 is 1.39 bits per heavy atom. The smallest absolute Gasteiger partial charge is 0.337 e. The van der Waals surface area contributed by atoms with E-state index in [4.69, 9.17) is 11.6 Å². The van der Waals surface area contributed by atoms with Crippen LogP contribution in [0.5, 0.6) is 0 Å². The maximum atomic E-state index is 11.4. The van der Waals surface area contributed by atoms with Crippen molar-refractivity contribution in [1.82, 2.24) is 4.98 Å². The summed E-state index contributed by atoms with van der Waals surface area (Å²) in [7, 11) is 0. The van der Waals surface area contributed by atoms with Crippen molar-refractivity contribution in [1.29, 1.82) is 0 Å². The number of hydrogen-bond acceptors (Lipinski definition) is 4. The number of aliphatic hydroxyl groups is 1. The van der Waals surface area contributed by atoms with Gasteiger partial charge >= 0.3 is 5.97 Å². The van der Waals surface area contributed by atoms with Crippen molar-refractivity contribution >= 4 is 34.3 Å². The summed E-state index contributed by atoms with van der Waals surface area (Å²) in [6, 6.07) is 7.19. The summed E-state index contributed by atoms with van der Waals surface area (Å²) in [5.41, 5.74) is 0.705. The van der Waals surface area contributed by atoms with Crippen molar-refractivity contribution in [3.8, 4) is 0 Å². The van der Waals surface area contributed by atoms with E-state index in [9.17, 15) is 15.0 Å². The molecule has 5 nitrogen and oxygen atoms in total. The number of pyridine rings is 1. The zero-order valence-corrected chi connectivity index (χ0v) is 13.6. The second kappa shape index (κ2) is 6.34. The topological polar surface area (TPSA) is 73.7 Å². The standard InChI is InChI=1S/C17H19ClN2O3/c1-2-14-10(9-21)7-8-20(14)15-6-3-11-13(19-15)5-4-12(18)16(11)17(22)23/h3-6,10,14,21H,2,7-9H2,1H3,(H,22,23)/t10?,14-/m1/s1. The molecule has 0 radical (unpaired) electrons. The van der Waals surface area contributed by atoms with Crippen LogP contribution in [0.1, 0.15) is 30.1 Å². The zero-order valence-electron chi connectivity index (χ0n) is 12.9. The molecule has 0 amide bonds. The molecule has 1 fully saturated rings. The zero-order chi connectivity index (χ0) is 16.6. The Morgan fingerprint density at radius 3 is 2.83 bits per heavy atom. The van der Waals surface area contributed by atoms with Crippen LogP contribution in [-0.2, 0) is 0 Å². The molecule has 6 heteroatoms. The van der Waals surface area contributed by atoms with Gasteiger partial charge in [-0.2, -0.15) is 0 Å². The predicted molar refractivity (Wildman–Crippen MR) is 90.3 cm³/mol. The van der Waals surface area contributed by atoms with Crippen LogP contribution in [0.25, 0.3) is 10.9 Å². The van der Waals surface area contributed by atoms with Gasteiger partial charge in [0.2, 0.25) is 0 Å². The number of halogens is 1. The van der Waals surface area contributed by atoms with Crippen LogP contribution in [0.2, 0.25) is 5.02 Å². The first-order valence-electron chi connectivity index (χ1n) is 7.76. The first-order valence-corrected chi connectivity index (χ1v) is 8.14. The lowest BCUT2D eigenvalue weighted by Crippen LogP contribution is -2.33. The number of aliphatic hydroxyl groups excluding tert-OH is 1. The van der Waals surface area contributed by atoms with Gasteiger partial charge in [-0.3, -0.25) is 0 Å². The van der Waals surface area contributed by atoms with Crippen LogP contribution in [0, 0.1) is 5.92 Å². The van der Waals surface area contributed by atoms with Gasteiger partial charge in [0.1, 0.15) is 5.82 Å². The molecule has 0 aliphatic carbocycles. The molecule has 1 aromatic heterocycles. The van der Waals surface area contributed by atoms with Gasteiger partial charge in [0.05, 0.1) is 16.1 Å². The normalized spacial score (nSPS) is 21.1. The lowest BCUT2D eigenvalue weighted by Gasteiger charge is -2.27. The van der Waals surface area contributed by atoms with E-state index < -0.39 is 5.97 Å². The Morgan fingerprint density at radius 2 is 2.17 bits per heavy atom. The van der Waals surface area contributed by atoms with Crippen molar-refractivity contribution in [2.24, 2.45) is 5.92 Å². The molecule has 1 unspecified atom stereocenters. The minimum absolute atomic E-state index is 0.0879. The van der Waals surface area contributed by atoms with E-state index in [0.717, 1.165) is 25.2 Å². The van der Waals surface area contributed by atoms with Gasteiger partial charge in [0.25, 0.3) is 0 Å². The molecule has 2 heterocycles. The molecule has 1 aliphatic heterocycles. The first kappa shape index (κ1) is 16.0. The van der Waals surface area contributed by atoms with Crippen LogP contribution >= 0.6 is 11.6 Å². The van der Waals surface area contributed by atoms with E-state index in [1.165, 1.54) is 0 Å². The minimum atomic E-state index is -1.05. The second-order valence-electron chi connectivity index (χ2n) is 5.86. The van der Waals surface area contributed by atoms with Gasteiger partial charge in [-0.25, -0.2) is 9.78 Å².